The van der Waals surface area contributed by atoms with Gasteiger partial charge in [0.05, 0.1) is 10.9 Å². The van der Waals surface area contributed by atoms with E-state index >= 15 is 0 Å². The maximum absolute atomic E-state index is 13.1. The SMILES string of the molecule is Cc1ccc(C(C(=O)N2CCC(c3nccs3)CC2)C(C)C)cc1. The Morgan fingerprint density at radius 3 is 2.42 bits per heavy atom. The van der Waals surface area contributed by atoms with Gasteiger partial charge in [0.1, 0.15) is 0 Å². The lowest BCUT2D eigenvalue weighted by molar-refractivity contribution is -0.134. The van der Waals surface area contributed by atoms with Gasteiger partial charge in [0.2, 0.25) is 5.91 Å². The number of nitrogens with zero attached hydrogens (tertiary/aromatic N) is 2. The summed E-state index contributed by atoms with van der Waals surface area (Å²) in [4.78, 5) is 19.6. The number of thiazole rings is 1. The van der Waals surface area contributed by atoms with Crippen LogP contribution < -0.4 is 0 Å². The van der Waals surface area contributed by atoms with Crippen LogP contribution in [0.1, 0.15) is 54.7 Å². The first-order valence-electron chi connectivity index (χ1n) is 8.81. The molecule has 3 rings (SSSR count). The van der Waals surface area contributed by atoms with Gasteiger partial charge in [0.15, 0.2) is 0 Å². The van der Waals surface area contributed by atoms with E-state index in [2.05, 4.69) is 54.9 Å². The van der Waals surface area contributed by atoms with Gasteiger partial charge in [0.25, 0.3) is 0 Å². The zero-order chi connectivity index (χ0) is 17.1. The number of likely N-dealkylation sites (tertiary alicyclic amines) is 1. The van der Waals surface area contributed by atoms with Crippen molar-refractivity contribution in [3.8, 4) is 0 Å². The van der Waals surface area contributed by atoms with Crippen molar-refractivity contribution in [2.24, 2.45) is 5.92 Å². The quantitative estimate of drug-likeness (QED) is 0.814. The summed E-state index contributed by atoms with van der Waals surface area (Å²) >= 11 is 1.73. The summed E-state index contributed by atoms with van der Waals surface area (Å²) in [6.45, 7) is 8.06. The highest BCUT2D eigenvalue weighted by atomic mass is 32.1. The number of hydrogen-bond donors (Lipinski definition) is 0. The van der Waals surface area contributed by atoms with Gasteiger partial charge in [-0.25, -0.2) is 4.98 Å². The lowest BCUT2D eigenvalue weighted by atomic mass is 9.86. The van der Waals surface area contributed by atoms with E-state index in [1.54, 1.807) is 11.3 Å². The Bertz CT molecular complexity index is 655. The zero-order valence-corrected chi connectivity index (χ0v) is 15.6. The molecule has 0 bridgehead atoms. The van der Waals surface area contributed by atoms with Gasteiger partial charge in [-0.2, -0.15) is 0 Å². The van der Waals surface area contributed by atoms with Crippen LogP contribution in [0, 0.1) is 12.8 Å². The van der Waals surface area contributed by atoms with Crippen LogP contribution in [0.25, 0.3) is 0 Å². The van der Waals surface area contributed by atoms with Crippen LogP contribution >= 0.6 is 11.3 Å². The first-order valence-corrected chi connectivity index (χ1v) is 9.69. The maximum atomic E-state index is 13.1. The Morgan fingerprint density at radius 2 is 1.88 bits per heavy atom. The lowest BCUT2D eigenvalue weighted by Crippen LogP contribution is -2.41. The molecule has 128 valence electrons. The van der Waals surface area contributed by atoms with Crippen LogP contribution in [0.5, 0.6) is 0 Å². The van der Waals surface area contributed by atoms with Crippen molar-refractivity contribution in [2.45, 2.75) is 45.4 Å². The van der Waals surface area contributed by atoms with Crippen molar-refractivity contribution in [3.63, 3.8) is 0 Å². The summed E-state index contributed by atoms with van der Waals surface area (Å²) in [5.74, 6) is 1.07. The highest BCUT2D eigenvalue weighted by Crippen LogP contribution is 2.32. The standard InChI is InChI=1S/C20H26N2OS/c1-14(2)18(16-6-4-15(3)5-7-16)20(23)22-11-8-17(9-12-22)19-21-10-13-24-19/h4-7,10,13-14,17-18H,8-9,11-12H2,1-3H3. The molecule has 3 nitrogen and oxygen atoms in total. The van der Waals surface area contributed by atoms with Crippen molar-refractivity contribution in [1.82, 2.24) is 9.88 Å². The second kappa shape index (κ2) is 7.47. The molecule has 1 amide bonds. The second-order valence-electron chi connectivity index (χ2n) is 7.10. The van der Waals surface area contributed by atoms with E-state index in [1.807, 2.05) is 11.6 Å². The van der Waals surface area contributed by atoms with E-state index in [0.29, 0.717) is 11.8 Å². The second-order valence-corrected chi connectivity index (χ2v) is 8.03. The van der Waals surface area contributed by atoms with Crippen molar-refractivity contribution < 1.29 is 4.79 Å². The van der Waals surface area contributed by atoms with Crippen molar-refractivity contribution in [2.75, 3.05) is 13.1 Å². The molecular weight excluding hydrogens is 316 g/mol. The van der Waals surface area contributed by atoms with Crippen LogP contribution in [-0.4, -0.2) is 28.9 Å². The number of hydrogen-bond acceptors (Lipinski definition) is 3. The van der Waals surface area contributed by atoms with Crippen LogP contribution in [0.15, 0.2) is 35.8 Å². The number of carbonyl (C=O) groups excluding carboxylic acids is 1. The van der Waals surface area contributed by atoms with Crippen LogP contribution in [0.2, 0.25) is 0 Å². The monoisotopic (exact) mass is 342 g/mol. The van der Waals surface area contributed by atoms with E-state index in [-0.39, 0.29) is 11.8 Å². The molecule has 1 aliphatic heterocycles. The molecule has 1 saturated heterocycles. The molecule has 0 radical (unpaired) electrons. The van der Waals surface area contributed by atoms with Gasteiger partial charge in [0, 0.05) is 30.6 Å². The Labute approximate surface area is 148 Å². The topological polar surface area (TPSA) is 33.2 Å². The molecule has 2 aromatic rings. The molecule has 4 heteroatoms. The number of piperidine rings is 1. The number of amides is 1. The smallest absolute Gasteiger partial charge is 0.230 e. The fourth-order valence-electron chi connectivity index (χ4n) is 3.57. The molecular formula is C20H26N2OS. The van der Waals surface area contributed by atoms with Crippen molar-refractivity contribution in [3.05, 3.63) is 52.0 Å². The number of carbonyl (C=O) groups is 1. The number of aromatic nitrogens is 1. The molecule has 0 saturated carbocycles. The van der Waals surface area contributed by atoms with Crippen molar-refractivity contribution >= 4 is 17.2 Å². The first kappa shape index (κ1) is 17.2. The number of aryl methyl sites for hydroxylation is 1. The van der Waals surface area contributed by atoms with E-state index in [1.165, 1.54) is 10.6 Å². The van der Waals surface area contributed by atoms with E-state index < -0.39 is 0 Å². The van der Waals surface area contributed by atoms with Gasteiger partial charge < -0.3 is 4.90 Å². The van der Waals surface area contributed by atoms with Crippen LogP contribution in [-0.2, 0) is 4.79 Å². The Morgan fingerprint density at radius 1 is 1.21 bits per heavy atom. The Kier molecular flexibility index (Phi) is 5.34. The van der Waals surface area contributed by atoms with E-state index in [4.69, 9.17) is 0 Å². The minimum Gasteiger partial charge on any atom is -0.342 e. The van der Waals surface area contributed by atoms with Gasteiger partial charge in [-0.1, -0.05) is 43.7 Å². The molecule has 24 heavy (non-hydrogen) atoms. The third-order valence-corrected chi connectivity index (χ3v) is 5.91. The minimum atomic E-state index is -0.0398. The van der Waals surface area contributed by atoms with Crippen LogP contribution in [0.3, 0.4) is 0 Å². The van der Waals surface area contributed by atoms with Gasteiger partial charge >= 0.3 is 0 Å². The number of rotatable bonds is 4. The molecule has 0 spiro atoms. The van der Waals surface area contributed by atoms with Crippen LogP contribution in [0.4, 0.5) is 0 Å². The Hall–Kier alpha value is -1.68. The third-order valence-electron chi connectivity index (χ3n) is 4.98. The summed E-state index contributed by atoms with van der Waals surface area (Å²) in [6.07, 6.45) is 3.93. The molecule has 1 atom stereocenters. The molecule has 1 aliphatic rings. The first-order chi connectivity index (χ1) is 11.6. The predicted molar refractivity (Wildman–Crippen MR) is 99.4 cm³/mol. The normalized spacial score (nSPS) is 17.2. The summed E-state index contributed by atoms with van der Waals surface area (Å²) in [5.41, 5.74) is 2.38. The summed E-state index contributed by atoms with van der Waals surface area (Å²) in [6, 6.07) is 8.43. The van der Waals surface area contributed by atoms with Gasteiger partial charge in [-0.3, -0.25) is 4.79 Å². The van der Waals surface area contributed by atoms with E-state index in [0.717, 1.165) is 31.5 Å². The summed E-state index contributed by atoms with van der Waals surface area (Å²) < 4.78 is 0. The minimum absolute atomic E-state index is 0.0398. The average molecular weight is 343 g/mol. The molecule has 1 unspecified atom stereocenters. The average Bonchev–Trinajstić information content (AvgIpc) is 3.11. The van der Waals surface area contributed by atoms with E-state index in [9.17, 15) is 4.79 Å². The molecule has 0 N–H and O–H groups in total. The highest BCUT2D eigenvalue weighted by Gasteiger charge is 2.31. The highest BCUT2D eigenvalue weighted by molar-refractivity contribution is 7.09. The molecule has 0 aliphatic carbocycles. The predicted octanol–water partition coefficient (Wildman–Crippen LogP) is 4.60. The van der Waals surface area contributed by atoms with Gasteiger partial charge in [-0.05, 0) is 31.2 Å². The summed E-state index contributed by atoms with van der Waals surface area (Å²) in [7, 11) is 0. The third kappa shape index (κ3) is 3.69. The molecule has 1 aromatic heterocycles. The largest absolute Gasteiger partial charge is 0.342 e. The zero-order valence-electron chi connectivity index (χ0n) is 14.7. The summed E-state index contributed by atoms with van der Waals surface area (Å²) in [5, 5.41) is 3.26. The fourth-order valence-corrected chi connectivity index (χ4v) is 4.38. The van der Waals surface area contributed by atoms with Crippen molar-refractivity contribution in [1.29, 1.82) is 0 Å². The molecule has 1 fully saturated rings. The molecule has 2 heterocycles. The molecule has 1 aromatic carbocycles. The van der Waals surface area contributed by atoms with Gasteiger partial charge in [-0.15, -0.1) is 11.3 Å². The maximum Gasteiger partial charge on any atom is 0.230 e. The number of benzene rings is 1. The lowest BCUT2D eigenvalue weighted by Gasteiger charge is -2.35. The Balaban J connectivity index is 1.69. The fraction of sp³-hybridized carbons (Fsp3) is 0.500.